The lowest BCUT2D eigenvalue weighted by molar-refractivity contribution is 0.585. The van der Waals surface area contributed by atoms with Gasteiger partial charge in [-0.25, -0.2) is 4.98 Å². The van der Waals surface area contributed by atoms with Crippen molar-refractivity contribution in [2.24, 2.45) is 4.99 Å². The fraction of sp³-hybridized carbons (Fsp3) is 0.500. The predicted octanol–water partition coefficient (Wildman–Crippen LogP) is 0.263. The Morgan fingerprint density at radius 1 is 1.11 bits per heavy atom. The van der Waals surface area contributed by atoms with E-state index in [1.54, 1.807) is 0 Å². The first kappa shape index (κ1) is 13.1. The number of hydrogen-bond acceptors (Lipinski definition) is 5. The summed E-state index contributed by atoms with van der Waals surface area (Å²) < 4.78 is 0. The molecule has 5 nitrogen and oxygen atoms in total. The molecule has 3 rings (SSSR count). The van der Waals surface area contributed by atoms with Crippen LogP contribution < -0.4 is 15.5 Å². The van der Waals surface area contributed by atoms with Crippen LogP contribution in [0.3, 0.4) is 0 Å². The van der Waals surface area contributed by atoms with Gasteiger partial charge >= 0.3 is 0 Å². The number of piperazine rings is 1. The van der Waals surface area contributed by atoms with Gasteiger partial charge in [0.15, 0.2) is 0 Å². The smallest absolute Gasteiger partial charge is 0.129 e. The lowest BCUT2D eigenvalue weighted by Crippen LogP contribution is -2.43. The van der Waals surface area contributed by atoms with E-state index in [0.29, 0.717) is 0 Å². The average Bonchev–Trinajstić information content (AvgIpc) is 2.94. The van der Waals surface area contributed by atoms with Crippen molar-refractivity contribution in [3.05, 3.63) is 23.9 Å². The highest BCUT2D eigenvalue weighted by atomic mass is 35.5. The molecule has 0 amide bonds. The highest BCUT2D eigenvalue weighted by Gasteiger charge is 2.13. The van der Waals surface area contributed by atoms with Gasteiger partial charge in [-0.05, 0) is 12.1 Å². The molecule has 0 aromatic carbocycles. The molecule has 3 heterocycles. The molecule has 2 aliphatic heterocycles. The van der Waals surface area contributed by atoms with Crippen molar-refractivity contribution in [1.82, 2.24) is 15.6 Å². The maximum atomic E-state index is 4.52. The van der Waals surface area contributed by atoms with Crippen molar-refractivity contribution >= 4 is 24.1 Å². The van der Waals surface area contributed by atoms with E-state index < -0.39 is 0 Å². The van der Waals surface area contributed by atoms with Crippen LogP contribution in [-0.2, 0) is 0 Å². The second-order valence-corrected chi connectivity index (χ2v) is 4.30. The van der Waals surface area contributed by atoms with Gasteiger partial charge in [0.2, 0.25) is 0 Å². The number of halogens is 1. The number of anilines is 1. The third-order valence-corrected chi connectivity index (χ3v) is 3.14. The molecule has 0 unspecified atom stereocenters. The fourth-order valence-corrected chi connectivity index (χ4v) is 2.20. The van der Waals surface area contributed by atoms with Gasteiger partial charge < -0.3 is 15.5 Å². The Bertz CT molecular complexity index is 411. The normalized spacial score (nSPS) is 18.9. The molecule has 1 fully saturated rings. The highest BCUT2D eigenvalue weighted by molar-refractivity contribution is 5.99. The molecule has 98 valence electrons. The van der Waals surface area contributed by atoms with Crippen LogP contribution in [0.4, 0.5) is 5.82 Å². The van der Waals surface area contributed by atoms with E-state index in [9.17, 15) is 0 Å². The zero-order valence-electron chi connectivity index (χ0n) is 10.2. The zero-order chi connectivity index (χ0) is 11.5. The van der Waals surface area contributed by atoms with Crippen LogP contribution in [0.25, 0.3) is 0 Å². The Kier molecular flexibility index (Phi) is 4.38. The van der Waals surface area contributed by atoms with Crippen LogP contribution in [0.1, 0.15) is 5.56 Å². The van der Waals surface area contributed by atoms with Gasteiger partial charge in [0, 0.05) is 44.5 Å². The minimum atomic E-state index is 0. The molecular weight excluding hydrogens is 250 g/mol. The Morgan fingerprint density at radius 3 is 2.56 bits per heavy atom. The first-order valence-corrected chi connectivity index (χ1v) is 6.14. The molecule has 1 saturated heterocycles. The van der Waals surface area contributed by atoms with Gasteiger partial charge in [-0.2, -0.15) is 0 Å². The number of aliphatic imine (C=N–C) groups is 1. The third-order valence-electron chi connectivity index (χ3n) is 3.14. The first-order valence-electron chi connectivity index (χ1n) is 6.14. The summed E-state index contributed by atoms with van der Waals surface area (Å²) in [6, 6.07) is 4.19. The standard InChI is InChI=1S/C12H17N5.ClH/c1-2-11(17-7-5-13-6-8-17)16-9-10(1)12-14-3-4-15-12;/h1-2,9,13H,3-8H2,(H,14,15);1H. The van der Waals surface area contributed by atoms with Crippen LogP contribution in [-0.4, -0.2) is 50.1 Å². The summed E-state index contributed by atoms with van der Waals surface area (Å²) >= 11 is 0. The van der Waals surface area contributed by atoms with Crippen LogP contribution in [0.15, 0.2) is 23.3 Å². The summed E-state index contributed by atoms with van der Waals surface area (Å²) in [7, 11) is 0. The van der Waals surface area contributed by atoms with E-state index in [4.69, 9.17) is 0 Å². The number of pyridine rings is 1. The van der Waals surface area contributed by atoms with Crippen LogP contribution >= 0.6 is 12.4 Å². The lowest BCUT2D eigenvalue weighted by Gasteiger charge is -2.28. The fourth-order valence-electron chi connectivity index (χ4n) is 2.20. The minimum absolute atomic E-state index is 0. The average molecular weight is 268 g/mol. The summed E-state index contributed by atoms with van der Waals surface area (Å²) in [4.78, 5) is 11.2. The molecule has 18 heavy (non-hydrogen) atoms. The van der Waals surface area contributed by atoms with Gasteiger partial charge in [0.05, 0.1) is 6.54 Å². The molecule has 0 spiro atoms. The molecular formula is C12H18ClN5. The molecule has 1 aromatic heterocycles. The highest BCUT2D eigenvalue weighted by Crippen LogP contribution is 2.12. The predicted molar refractivity (Wildman–Crippen MR) is 76.0 cm³/mol. The molecule has 0 saturated carbocycles. The zero-order valence-corrected chi connectivity index (χ0v) is 11.0. The number of aromatic nitrogens is 1. The van der Waals surface area contributed by atoms with Crippen molar-refractivity contribution in [1.29, 1.82) is 0 Å². The second kappa shape index (κ2) is 6.02. The van der Waals surface area contributed by atoms with Crippen LogP contribution in [0.5, 0.6) is 0 Å². The van der Waals surface area contributed by atoms with Gasteiger partial charge in [-0.1, -0.05) is 0 Å². The van der Waals surface area contributed by atoms with E-state index in [1.807, 2.05) is 6.20 Å². The molecule has 1 aromatic rings. The number of hydrogen-bond donors (Lipinski definition) is 2. The topological polar surface area (TPSA) is 52.5 Å². The number of rotatable bonds is 2. The minimum Gasteiger partial charge on any atom is -0.368 e. The van der Waals surface area contributed by atoms with E-state index in [2.05, 4.69) is 37.6 Å². The van der Waals surface area contributed by atoms with E-state index in [0.717, 1.165) is 56.5 Å². The summed E-state index contributed by atoms with van der Waals surface area (Å²) in [6.45, 7) is 5.95. The quantitative estimate of drug-likeness (QED) is 0.807. The second-order valence-electron chi connectivity index (χ2n) is 4.30. The van der Waals surface area contributed by atoms with Crippen molar-refractivity contribution in [2.75, 3.05) is 44.2 Å². The molecule has 0 atom stereocenters. The number of nitrogens with one attached hydrogen (secondary N) is 2. The first-order chi connectivity index (χ1) is 8.43. The summed E-state index contributed by atoms with van der Waals surface area (Å²) in [6.07, 6.45) is 1.91. The maximum absolute atomic E-state index is 4.52. The lowest BCUT2D eigenvalue weighted by atomic mass is 10.2. The Balaban J connectivity index is 0.00000120. The van der Waals surface area contributed by atoms with Crippen LogP contribution in [0.2, 0.25) is 0 Å². The van der Waals surface area contributed by atoms with Gasteiger partial charge in [-0.15, -0.1) is 12.4 Å². The molecule has 0 aliphatic carbocycles. The van der Waals surface area contributed by atoms with Gasteiger partial charge in [0.25, 0.3) is 0 Å². The van der Waals surface area contributed by atoms with Crippen molar-refractivity contribution in [3.8, 4) is 0 Å². The molecule has 0 radical (unpaired) electrons. The Labute approximate surface area is 113 Å². The van der Waals surface area contributed by atoms with Gasteiger partial charge in [0.1, 0.15) is 11.7 Å². The summed E-state index contributed by atoms with van der Waals surface area (Å²) in [5.41, 5.74) is 1.08. The third kappa shape index (κ3) is 2.73. The molecule has 2 N–H and O–H groups in total. The van der Waals surface area contributed by atoms with Crippen molar-refractivity contribution in [2.45, 2.75) is 0 Å². The van der Waals surface area contributed by atoms with Crippen LogP contribution in [0, 0.1) is 0 Å². The van der Waals surface area contributed by atoms with E-state index in [1.165, 1.54) is 0 Å². The monoisotopic (exact) mass is 267 g/mol. The summed E-state index contributed by atoms with van der Waals surface area (Å²) in [5, 5.41) is 6.60. The number of nitrogens with zero attached hydrogens (tertiary/aromatic N) is 3. The maximum Gasteiger partial charge on any atom is 0.129 e. The SMILES string of the molecule is Cl.c1cc(N2CCNCC2)ncc1C1=NCCN1. The van der Waals surface area contributed by atoms with Crippen molar-refractivity contribution in [3.63, 3.8) is 0 Å². The van der Waals surface area contributed by atoms with E-state index in [-0.39, 0.29) is 12.4 Å². The molecule has 2 aliphatic rings. The molecule has 6 heteroatoms. The Morgan fingerprint density at radius 2 is 1.94 bits per heavy atom. The van der Waals surface area contributed by atoms with E-state index >= 15 is 0 Å². The molecule has 0 bridgehead atoms. The largest absolute Gasteiger partial charge is 0.368 e. The number of amidine groups is 1. The Hall–Kier alpha value is -1.33. The summed E-state index contributed by atoms with van der Waals surface area (Å²) in [5.74, 6) is 2.04. The van der Waals surface area contributed by atoms with Gasteiger partial charge in [-0.3, -0.25) is 4.99 Å². The van der Waals surface area contributed by atoms with Crippen molar-refractivity contribution < 1.29 is 0 Å².